The van der Waals surface area contributed by atoms with Gasteiger partial charge in [-0.05, 0) is 11.6 Å². The Kier molecular flexibility index (Phi) is 3.76. The summed E-state index contributed by atoms with van der Waals surface area (Å²) < 4.78 is 0. The van der Waals surface area contributed by atoms with Gasteiger partial charge in [-0.25, -0.2) is 0 Å². The predicted octanol–water partition coefficient (Wildman–Crippen LogP) is 2.74. The summed E-state index contributed by atoms with van der Waals surface area (Å²) in [4.78, 5) is 0. The first-order valence-corrected chi connectivity index (χ1v) is 6.15. The molecule has 0 spiro atoms. The summed E-state index contributed by atoms with van der Waals surface area (Å²) in [5, 5.41) is 20.0. The van der Waals surface area contributed by atoms with Crippen LogP contribution in [0, 0.1) is 11.3 Å². The number of nitrogens with zero attached hydrogens (tertiary/aromatic N) is 3. The quantitative estimate of drug-likeness (QED) is 0.908. The molecule has 0 radical (unpaired) electrons. The molecule has 1 aromatic carbocycles. The van der Waals surface area contributed by atoms with Gasteiger partial charge in [0, 0.05) is 12.0 Å². The van der Waals surface area contributed by atoms with Crippen molar-refractivity contribution in [1.82, 2.24) is 10.2 Å². The molecule has 0 aliphatic carbocycles. The molecule has 0 atom stereocenters. The average molecular weight is 252 g/mol. The molecule has 19 heavy (non-hydrogen) atoms. The van der Waals surface area contributed by atoms with E-state index in [0.717, 1.165) is 0 Å². The lowest BCUT2D eigenvalue weighted by Gasteiger charge is -2.25. The molecular formula is C15H16N4. The molecule has 2 aromatic rings. The van der Waals surface area contributed by atoms with Crippen LogP contribution >= 0.6 is 0 Å². The van der Waals surface area contributed by atoms with E-state index >= 15 is 0 Å². The average Bonchev–Trinajstić information content (AvgIpc) is 2.46. The number of hydrogen-bond acceptors (Lipinski definition) is 4. The molecule has 96 valence electrons. The van der Waals surface area contributed by atoms with Crippen LogP contribution in [0.5, 0.6) is 0 Å². The van der Waals surface area contributed by atoms with E-state index in [4.69, 9.17) is 5.26 Å². The maximum atomic E-state index is 9.01. The van der Waals surface area contributed by atoms with Crippen molar-refractivity contribution in [1.29, 1.82) is 5.26 Å². The molecule has 4 nitrogen and oxygen atoms in total. The van der Waals surface area contributed by atoms with E-state index in [1.165, 1.54) is 11.8 Å². The molecule has 1 aromatic heterocycles. The molecule has 2 rings (SSSR count). The first-order chi connectivity index (χ1) is 9.13. The van der Waals surface area contributed by atoms with Crippen LogP contribution < -0.4 is 5.32 Å². The molecule has 0 bridgehead atoms. The van der Waals surface area contributed by atoms with Crippen LogP contribution in [0.4, 0.5) is 5.82 Å². The number of hydrogen-bond donors (Lipinski definition) is 1. The van der Waals surface area contributed by atoms with Crippen molar-refractivity contribution in [2.75, 3.05) is 11.9 Å². The molecule has 0 aliphatic rings. The monoisotopic (exact) mass is 252 g/mol. The number of aromatic nitrogens is 2. The zero-order valence-corrected chi connectivity index (χ0v) is 11.1. The lowest BCUT2D eigenvalue weighted by molar-refractivity contribution is 0.555. The SMILES string of the molecule is CC(C)(CNc1nnccc1C#N)c1ccccc1. The highest BCUT2D eigenvalue weighted by atomic mass is 15.2. The fourth-order valence-electron chi connectivity index (χ4n) is 1.85. The van der Waals surface area contributed by atoms with Gasteiger partial charge in [-0.15, -0.1) is 5.10 Å². The Morgan fingerprint density at radius 1 is 1.21 bits per heavy atom. The number of anilines is 1. The number of rotatable bonds is 4. The summed E-state index contributed by atoms with van der Waals surface area (Å²) in [7, 11) is 0. The Labute approximate surface area is 113 Å². The maximum Gasteiger partial charge on any atom is 0.166 e. The largest absolute Gasteiger partial charge is 0.367 e. The van der Waals surface area contributed by atoms with Crippen LogP contribution in [0.25, 0.3) is 0 Å². The zero-order valence-electron chi connectivity index (χ0n) is 11.1. The fourth-order valence-corrected chi connectivity index (χ4v) is 1.85. The van der Waals surface area contributed by atoms with E-state index < -0.39 is 0 Å². The van der Waals surface area contributed by atoms with E-state index in [-0.39, 0.29) is 5.41 Å². The van der Waals surface area contributed by atoms with Crippen molar-refractivity contribution >= 4 is 5.82 Å². The summed E-state index contributed by atoms with van der Waals surface area (Å²) in [5.41, 5.74) is 1.70. The van der Waals surface area contributed by atoms with Crippen LogP contribution in [-0.4, -0.2) is 16.7 Å². The normalized spacial score (nSPS) is 10.8. The van der Waals surface area contributed by atoms with Crippen molar-refractivity contribution in [2.24, 2.45) is 0 Å². The van der Waals surface area contributed by atoms with Crippen molar-refractivity contribution in [3.05, 3.63) is 53.7 Å². The van der Waals surface area contributed by atoms with Gasteiger partial charge in [0.2, 0.25) is 0 Å². The van der Waals surface area contributed by atoms with Crippen LogP contribution in [0.1, 0.15) is 25.0 Å². The Balaban J connectivity index is 2.12. The highest BCUT2D eigenvalue weighted by Crippen LogP contribution is 2.23. The minimum absolute atomic E-state index is 0.0501. The zero-order chi connectivity index (χ0) is 13.7. The van der Waals surface area contributed by atoms with Gasteiger partial charge < -0.3 is 5.32 Å². The number of nitrogens with one attached hydrogen (secondary N) is 1. The summed E-state index contributed by atoms with van der Waals surface area (Å²) in [6.45, 7) is 4.99. The minimum atomic E-state index is -0.0501. The third-order valence-corrected chi connectivity index (χ3v) is 3.09. The molecule has 0 amide bonds. The second-order valence-electron chi connectivity index (χ2n) is 5.01. The Morgan fingerprint density at radius 2 is 1.95 bits per heavy atom. The van der Waals surface area contributed by atoms with Crippen LogP contribution in [0.15, 0.2) is 42.6 Å². The van der Waals surface area contributed by atoms with Gasteiger partial charge in [-0.2, -0.15) is 10.4 Å². The fraction of sp³-hybridized carbons (Fsp3) is 0.267. The first-order valence-electron chi connectivity index (χ1n) is 6.15. The molecular weight excluding hydrogens is 236 g/mol. The van der Waals surface area contributed by atoms with Gasteiger partial charge in [-0.1, -0.05) is 44.2 Å². The first kappa shape index (κ1) is 13.0. The van der Waals surface area contributed by atoms with E-state index in [9.17, 15) is 0 Å². The van der Waals surface area contributed by atoms with Crippen molar-refractivity contribution in [2.45, 2.75) is 19.3 Å². The van der Waals surface area contributed by atoms with Gasteiger partial charge in [0.25, 0.3) is 0 Å². The molecule has 0 unspecified atom stereocenters. The van der Waals surface area contributed by atoms with E-state index in [0.29, 0.717) is 17.9 Å². The Bertz CT molecular complexity index is 585. The number of benzene rings is 1. The van der Waals surface area contributed by atoms with Crippen LogP contribution in [0.2, 0.25) is 0 Å². The molecule has 0 aliphatic heterocycles. The maximum absolute atomic E-state index is 9.01. The van der Waals surface area contributed by atoms with Crippen molar-refractivity contribution in [3.63, 3.8) is 0 Å². The lowest BCUT2D eigenvalue weighted by Crippen LogP contribution is -2.28. The highest BCUT2D eigenvalue weighted by Gasteiger charge is 2.20. The van der Waals surface area contributed by atoms with Crippen molar-refractivity contribution < 1.29 is 0 Å². The van der Waals surface area contributed by atoms with Crippen LogP contribution in [-0.2, 0) is 5.41 Å². The molecule has 1 heterocycles. The van der Waals surface area contributed by atoms with Gasteiger partial charge in [0.15, 0.2) is 5.82 Å². The van der Waals surface area contributed by atoms with E-state index in [1.54, 1.807) is 6.07 Å². The second kappa shape index (κ2) is 5.49. The van der Waals surface area contributed by atoms with Crippen LogP contribution in [0.3, 0.4) is 0 Å². The Morgan fingerprint density at radius 3 is 2.63 bits per heavy atom. The third kappa shape index (κ3) is 3.08. The lowest BCUT2D eigenvalue weighted by atomic mass is 9.84. The van der Waals surface area contributed by atoms with E-state index in [2.05, 4.69) is 47.6 Å². The molecule has 4 heteroatoms. The number of nitriles is 1. The molecule has 0 saturated heterocycles. The standard InChI is InChI=1S/C15H16N4/c1-15(2,13-6-4-3-5-7-13)11-17-14-12(10-16)8-9-18-19-14/h3-9H,11H2,1-2H3,(H,17,19). The molecule has 1 N–H and O–H groups in total. The van der Waals surface area contributed by atoms with E-state index in [1.807, 2.05) is 18.2 Å². The minimum Gasteiger partial charge on any atom is -0.367 e. The van der Waals surface area contributed by atoms with Crippen molar-refractivity contribution in [3.8, 4) is 6.07 Å². The summed E-state index contributed by atoms with van der Waals surface area (Å²) in [6, 6.07) is 14.0. The Hall–Kier alpha value is -2.41. The summed E-state index contributed by atoms with van der Waals surface area (Å²) in [5.74, 6) is 0.536. The third-order valence-electron chi connectivity index (χ3n) is 3.09. The van der Waals surface area contributed by atoms with Gasteiger partial charge in [0.1, 0.15) is 6.07 Å². The molecule has 0 saturated carbocycles. The smallest absolute Gasteiger partial charge is 0.166 e. The van der Waals surface area contributed by atoms with Gasteiger partial charge >= 0.3 is 0 Å². The van der Waals surface area contributed by atoms with Gasteiger partial charge in [0.05, 0.1) is 11.8 Å². The predicted molar refractivity (Wildman–Crippen MR) is 74.7 cm³/mol. The van der Waals surface area contributed by atoms with Gasteiger partial charge in [-0.3, -0.25) is 0 Å². The molecule has 0 fully saturated rings. The topological polar surface area (TPSA) is 61.6 Å². The summed E-state index contributed by atoms with van der Waals surface area (Å²) in [6.07, 6.45) is 1.52. The highest BCUT2D eigenvalue weighted by molar-refractivity contribution is 5.50. The summed E-state index contributed by atoms with van der Waals surface area (Å²) >= 11 is 0. The second-order valence-corrected chi connectivity index (χ2v) is 5.01.